The van der Waals surface area contributed by atoms with E-state index < -0.39 is 5.60 Å². The first-order chi connectivity index (χ1) is 7.09. The summed E-state index contributed by atoms with van der Waals surface area (Å²) in [6.07, 6.45) is 5.25. The lowest BCUT2D eigenvalue weighted by Crippen LogP contribution is -2.43. The maximum absolute atomic E-state index is 10.3. The van der Waals surface area contributed by atoms with Gasteiger partial charge < -0.3 is 20.7 Å². The first-order valence-electron chi connectivity index (χ1n) is 5.37. The molecular weight excluding hydrogens is 190 g/mol. The van der Waals surface area contributed by atoms with Gasteiger partial charge in [0, 0.05) is 39.0 Å². The van der Waals surface area contributed by atoms with Gasteiger partial charge in [0.1, 0.15) is 0 Å². The molecule has 1 saturated heterocycles. The third kappa shape index (κ3) is 3.64. The molecule has 0 bridgehead atoms. The Kier molecular flexibility index (Phi) is 4.29. The smallest absolute Gasteiger partial charge is 0.0713 e. The van der Waals surface area contributed by atoms with Crippen LogP contribution in [0.3, 0.4) is 0 Å². The summed E-state index contributed by atoms with van der Waals surface area (Å²) in [4.78, 5) is 2.22. The molecule has 0 unspecified atom stereocenters. The molecule has 1 fully saturated rings. The molecule has 4 heteroatoms. The van der Waals surface area contributed by atoms with Crippen LogP contribution in [-0.4, -0.2) is 49.0 Å². The minimum absolute atomic E-state index is 0.575. The van der Waals surface area contributed by atoms with Gasteiger partial charge in [0.15, 0.2) is 0 Å². The molecule has 1 heterocycles. The van der Waals surface area contributed by atoms with E-state index in [0.717, 1.165) is 31.5 Å². The van der Waals surface area contributed by atoms with Gasteiger partial charge in [-0.1, -0.05) is 0 Å². The fraction of sp³-hybridized carbons (Fsp3) is 0.727. The Hall–Kier alpha value is -0.870. The third-order valence-electron chi connectivity index (χ3n) is 2.97. The van der Waals surface area contributed by atoms with Crippen LogP contribution in [0.5, 0.6) is 0 Å². The minimum Gasteiger partial charge on any atom is -0.394 e. The van der Waals surface area contributed by atoms with Gasteiger partial charge in [0.25, 0.3) is 0 Å². The fourth-order valence-corrected chi connectivity index (χ4v) is 1.92. The molecule has 0 atom stereocenters. The van der Waals surface area contributed by atoms with Crippen LogP contribution in [0.4, 0.5) is 0 Å². The van der Waals surface area contributed by atoms with Crippen LogP contribution in [0.15, 0.2) is 11.8 Å². The minimum atomic E-state index is -0.618. The molecule has 0 spiro atoms. The van der Waals surface area contributed by atoms with E-state index in [1.165, 1.54) is 6.21 Å². The molecular formula is C11H21N3O. The highest BCUT2D eigenvalue weighted by atomic mass is 16.3. The average Bonchev–Trinajstić information content (AvgIpc) is 2.22. The van der Waals surface area contributed by atoms with Crippen LogP contribution in [0.25, 0.3) is 0 Å². The molecule has 0 aromatic rings. The second kappa shape index (κ2) is 5.28. The number of hydrogen-bond donors (Lipinski definition) is 3. The van der Waals surface area contributed by atoms with Crippen molar-refractivity contribution in [1.29, 1.82) is 5.41 Å². The van der Waals surface area contributed by atoms with Crippen molar-refractivity contribution in [3.05, 3.63) is 11.8 Å². The van der Waals surface area contributed by atoms with Crippen molar-refractivity contribution in [2.75, 3.05) is 27.2 Å². The monoisotopic (exact) mass is 211 g/mol. The van der Waals surface area contributed by atoms with Crippen molar-refractivity contribution >= 4 is 6.21 Å². The maximum atomic E-state index is 10.3. The molecule has 0 amide bonds. The Labute approximate surface area is 91.5 Å². The van der Waals surface area contributed by atoms with Gasteiger partial charge in [-0.25, -0.2) is 0 Å². The number of nitrogens with one attached hydrogen (secondary N) is 2. The van der Waals surface area contributed by atoms with E-state index in [-0.39, 0.29) is 0 Å². The molecule has 1 rings (SSSR count). The van der Waals surface area contributed by atoms with Crippen LogP contribution in [0.1, 0.15) is 19.3 Å². The van der Waals surface area contributed by atoms with Gasteiger partial charge >= 0.3 is 0 Å². The zero-order valence-electron chi connectivity index (χ0n) is 9.58. The maximum Gasteiger partial charge on any atom is 0.0713 e. The first-order valence-corrected chi connectivity index (χ1v) is 5.37. The number of piperidine rings is 1. The van der Waals surface area contributed by atoms with Gasteiger partial charge in [-0.3, -0.25) is 0 Å². The van der Waals surface area contributed by atoms with Crippen molar-refractivity contribution in [3.8, 4) is 0 Å². The number of hydrogen-bond acceptors (Lipinski definition) is 4. The molecule has 1 aliphatic rings. The highest BCUT2D eigenvalue weighted by molar-refractivity contribution is 5.75. The molecule has 0 saturated carbocycles. The number of aliphatic hydroxyl groups is 1. The van der Waals surface area contributed by atoms with E-state index in [0.29, 0.717) is 6.42 Å². The predicted molar refractivity (Wildman–Crippen MR) is 62.2 cm³/mol. The van der Waals surface area contributed by atoms with E-state index in [9.17, 15) is 5.11 Å². The number of nitrogens with zero attached hydrogens (tertiary/aromatic N) is 1. The van der Waals surface area contributed by atoms with Gasteiger partial charge in [-0.2, -0.15) is 0 Å². The van der Waals surface area contributed by atoms with Crippen LogP contribution >= 0.6 is 0 Å². The van der Waals surface area contributed by atoms with Crippen molar-refractivity contribution in [2.45, 2.75) is 24.9 Å². The topological polar surface area (TPSA) is 59.4 Å². The van der Waals surface area contributed by atoms with Gasteiger partial charge in [-0.05, 0) is 25.5 Å². The van der Waals surface area contributed by atoms with Crippen LogP contribution in [0, 0.1) is 5.41 Å². The van der Waals surface area contributed by atoms with E-state index in [2.05, 4.69) is 17.3 Å². The lowest BCUT2D eigenvalue weighted by Gasteiger charge is -2.36. The Balaban J connectivity index is 2.55. The number of rotatable bonds is 4. The Morgan fingerprint density at radius 3 is 2.60 bits per heavy atom. The summed E-state index contributed by atoms with van der Waals surface area (Å²) in [6, 6.07) is 0. The van der Waals surface area contributed by atoms with E-state index in [4.69, 9.17) is 5.41 Å². The van der Waals surface area contributed by atoms with Crippen molar-refractivity contribution < 1.29 is 5.11 Å². The summed E-state index contributed by atoms with van der Waals surface area (Å²) < 4.78 is 0. The van der Waals surface area contributed by atoms with Gasteiger partial charge in [0.05, 0.1) is 5.60 Å². The molecule has 1 aliphatic heterocycles. The van der Waals surface area contributed by atoms with E-state index in [1.54, 1.807) is 6.20 Å². The zero-order valence-corrected chi connectivity index (χ0v) is 9.58. The summed E-state index contributed by atoms with van der Waals surface area (Å²) in [5.74, 6) is 0. The van der Waals surface area contributed by atoms with Gasteiger partial charge in [-0.15, -0.1) is 0 Å². The van der Waals surface area contributed by atoms with Crippen LogP contribution < -0.4 is 5.32 Å². The van der Waals surface area contributed by atoms with E-state index >= 15 is 0 Å². The molecule has 15 heavy (non-hydrogen) atoms. The molecule has 0 aromatic heterocycles. The summed E-state index contributed by atoms with van der Waals surface area (Å²) >= 11 is 0. The number of likely N-dealkylation sites (tertiary alicyclic amines) is 1. The Morgan fingerprint density at radius 1 is 1.53 bits per heavy atom. The average molecular weight is 211 g/mol. The zero-order chi connectivity index (χ0) is 11.3. The second-order valence-corrected chi connectivity index (χ2v) is 4.36. The molecule has 3 N–H and O–H groups in total. The summed E-state index contributed by atoms with van der Waals surface area (Å²) in [7, 11) is 3.88. The van der Waals surface area contributed by atoms with E-state index in [1.807, 2.05) is 7.05 Å². The summed E-state index contributed by atoms with van der Waals surface area (Å²) in [6.45, 7) is 1.86. The second-order valence-electron chi connectivity index (χ2n) is 4.36. The largest absolute Gasteiger partial charge is 0.394 e. The Bertz CT molecular complexity index is 242. The lowest BCUT2D eigenvalue weighted by molar-refractivity contribution is -0.0139. The normalized spacial score (nSPS) is 22.5. The van der Waals surface area contributed by atoms with Crippen LogP contribution in [0.2, 0.25) is 0 Å². The van der Waals surface area contributed by atoms with Crippen molar-refractivity contribution in [3.63, 3.8) is 0 Å². The third-order valence-corrected chi connectivity index (χ3v) is 2.97. The molecule has 0 radical (unpaired) electrons. The molecule has 0 aliphatic carbocycles. The van der Waals surface area contributed by atoms with Gasteiger partial charge in [0.2, 0.25) is 0 Å². The highest BCUT2D eigenvalue weighted by Crippen LogP contribution is 2.27. The molecule has 4 nitrogen and oxygen atoms in total. The summed E-state index contributed by atoms with van der Waals surface area (Å²) in [5.41, 5.74) is 0.233. The van der Waals surface area contributed by atoms with Crippen LogP contribution in [-0.2, 0) is 0 Å². The standard InChI is InChI=1S/C11H21N3O/c1-13-9-10(8-12)7-11(15)3-5-14(2)6-4-11/h8-9,12-13,15H,3-7H2,1-2H3/b10-9-,12-8?. The quantitative estimate of drug-likeness (QED) is 0.596. The SMILES string of the molecule is CN/C=C(\C=N)CC1(O)CCN(C)CC1. The highest BCUT2D eigenvalue weighted by Gasteiger charge is 2.31. The Morgan fingerprint density at radius 2 is 2.13 bits per heavy atom. The molecule has 0 aromatic carbocycles. The lowest BCUT2D eigenvalue weighted by atomic mass is 9.86. The molecule has 86 valence electrons. The fourth-order valence-electron chi connectivity index (χ4n) is 1.92. The predicted octanol–water partition coefficient (Wildman–Crippen LogP) is 0.586. The first kappa shape index (κ1) is 12.2. The van der Waals surface area contributed by atoms with Crippen molar-refractivity contribution in [1.82, 2.24) is 10.2 Å². The summed E-state index contributed by atoms with van der Waals surface area (Å²) in [5, 5.41) is 20.5. The van der Waals surface area contributed by atoms with Crippen molar-refractivity contribution in [2.24, 2.45) is 0 Å².